The number of carbonyl (C=O) groups is 1. The summed E-state index contributed by atoms with van der Waals surface area (Å²) in [5.41, 5.74) is 0.611. The number of Topliss-reactive ketones (excluding diaryl/α,β-unsaturated/α-hetero) is 1. The Balaban J connectivity index is 1.50. The number of carbonyl (C=O) groups excluding carboxylic acids is 1. The molecule has 0 aliphatic heterocycles. The van der Waals surface area contributed by atoms with Crippen LogP contribution in [0.5, 0.6) is 0 Å². The van der Waals surface area contributed by atoms with Crippen LogP contribution in [-0.2, 0) is 4.79 Å². The lowest BCUT2D eigenvalue weighted by atomic mass is 9.44. The molecule has 10 atom stereocenters. The maximum atomic E-state index is 13.2. The van der Waals surface area contributed by atoms with E-state index in [0.717, 1.165) is 25.2 Å². The molecule has 4 aliphatic carbocycles. The van der Waals surface area contributed by atoms with Crippen molar-refractivity contribution in [2.45, 2.75) is 112 Å². The molecule has 4 rings (SSSR count). The fourth-order valence-corrected chi connectivity index (χ4v) is 9.06. The van der Waals surface area contributed by atoms with Crippen molar-refractivity contribution in [1.29, 1.82) is 0 Å². The highest BCUT2D eigenvalue weighted by Crippen LogP contribution is 2.67. The van der Waals surface area contributed by atoms with Gasteiger partial charge in [0.15, 0.2) is 0 Å². The molecule has 0 radical (unpaired) electrons. The summed E-state index contributed by atoms with van der Waals surface area (Å²) in [4.78, 5) is 13.2. The van der Waals surface area contributed by atoms with E-state index in [4.69, 9.17) is 0 Å². The topological polar surface area (TPSA) is 37.3 Å². The van der Waals surface area contributed by atoms with Gasteiger partial charge in [-0.1, -0.05) is 54.4 Å². The smallest absolute Gasteiger partial charge is 0.136 e. The van der Waals surface area contributed by atoms with Crippen LogP contribution >= 0.6 is 0 Å². The first-order chi connectivity index (χ1) is 14.1. The fraction of sp³-hybridized carbons (Fsp3) is 0.964. The highest BCUT2D eigenvalue weighted by Gasteiger charge is 2.61. The van der Waals surface area contributed by atoms with E-state index in [1.54, 1.807) is 0 Å². The summed E-state index contributed by atoms with van der Waals surface area (Å²) in [6.45, 7) is 14.1. The maximum Gasteiger partial charge on any atom is 0.136 e. The van der Waals surface area contributed by atoms with E-state index in [1.807, 2.05) is 0 Å². The second-order valence-corrected chi connectivity index (χ2v) is 12.9. The molecule has 0 spiro atoms. The number of ketones is 1. The number of hydrogen-bond donors (Lipinski definition) is 1. The van der Waals surface area contributed by atoms with E-state index in [2.05, 4.69) is 41.5 Å². The molecule has 1 N–H and O–H groups in total. The predicted molar refractivity (Wildman–Crippen MR) is 124 cm³/mol. The molecule has 4 aliphatic rings. The van der Waals surface area contributed by atoms with Gasteiger partial charge in [0.05, 0.1) is 6.10 Å². The molecule has 0 aromatic rings. The molecule has 0 heterocycles. The molecule has 4 fully saturated rings. The molecular formula is C28H48O2. The average molecular weight is 417 g/mol. The van der Waals surface area contributed by atoms with Gasteiger partial charge in [0.2, 0.25) is 0 Å². The molecule has 2 heteroatoms. The molecule has 2 nitrogen and oxygen atoms in total. The lowest BCUT2D eigenvalue weighted by molar-refractivity contribution is -0.154. The highest BCUT2D eigenvalue weighted by atomic mass is 16.3. The van der Waals surface area contributed by atoms with Crippen LogP contribution in [-0.4, -0.2) is 17.0 Å². The van der Waals surface area contributed by atoms with Gasteiger partial charge in [0.1, 0.15) is 5.78 Å². The van der Waals surface area contributed by atoms with Crippen LogP contribution < -0.4 is 0 Å². The third kappa shape index (κ3) is 3.52. The first-order valence-corrected chi connectivity index (χ1v) is 13.3. The number of fused-ring (bicyclic) bond motifs is 5. The summed E-state index contributed by atoms with van der Waals surface area (Å²) in [6.07, 6.45) is 11.9. The van der Waals surface area contributed by atoms with E-state index in [1.165, 1.54) is 44.9 Å². The van der Waals surface area contributed by atoms with E-state index in [0.29, 0.717) is 52.6 Å². The Kier molecular flexibility index (Phi) is 6.23. The van der Waals surface area contributed by atoms with Crippen molar-refractivity contribution in [2.24, 2.45) is 58.2 Å². The van der Waals surface area contributed by atoms with E-state index in [9.17, 15) is 9.90 Å². The lowest BCUT2D eigenvalue weighted by Crippen LogP contribution is -2.55. The zero-order valence-corrected chi connectivity index (χ0v) is 20.6. The highest BCUT2D eigenvalue weighted by molar-refractivity contribution is 5.83. The molecule has 0 saturated heterocycles. The van der Waals surface area contributed by atoms with Crippen LogP contribution in [0.15, 0.2) is 0 Å². The third-order valence-corrected chi connectivity index (χ3v) is 11.6. The Morgan fingerprint density at radius 3 is 2.30 bits per heavy atom. The zero-order chi connectivity index (χ0) is 21.8. The number of hydrogen-bond acceptors (Lipinski definition) is 2. The molecular weight excluding hydrogens is 368 g/mol. The molecule has 30 heavy (non-hydrogen) atoms. The largest absolute Gasteiger partial charge is 0.393 e. The normalized spacial score (nSPS) is 46.7. The summed E-state index contributed by atoms with van der Waals surface area (Å²) in [5.74, 6) is 5.21. The molecule has 0 bridgehead atoms. The molecule has 6 unspecified atom stereocenters. The molecule has 172 valence electrons. The summed E-state index contributed by atoms with van der Waals surface area (Å²) >= 11 is 0. The minimum atomic E-state index is -0.186. The quantitative estimate of drug-likeness (QED) is 0.529. The van der Waals surface area contributed by atoms with Crippen LogP contribution in [0.3, 0.4) is 0 Å². The van der Waals surface area contributed by atoms with E-state index in [-0.39, 0.29) is 11.5 Å². The van der Waals surface area contributed by atoms with Crippen LogP contribution in [0.4, 0.5) is 0 Å². The Labute approximate surface area is 186 Å². The molecule has 0 aromatic carbocycles. The van der Waals surface area contributed by atoms with Crippen molar-refractivity contribution in [1.82, 2.24) is 0 Å². The second-order valence-electron chi connectivity index (χ2n) is 12.9. The van der Waals surface area contributed by atoms with Crippen molar-refractivity contribution >= 4 is 5.78 Å². The molecule has 4 saturated carbocycles. The number of rotatable bonds is 5. The second kappa shape index (κ2) is 8.20. The maximum absolute atomic E-state index is 13.2. The van der Waals surface area contributed by atoms with Crippen molar-refractivity contribution in [3.8, 4) is 0 Å². The summed E-state index contributed by atoms with van der Waals surface area (Å²) in [6, 6.07) is 0. The average Bonchev–Trinajstić information content (AvgIpc) is 3.03. The van der Waals surface area contributed by atoms with Gasteiger partial charge in [-0.2, -0.15) is 0 Å². The van der Waals surface area contributed by atoms with Crippen LogP contribution in [0.25, 0.3) is 0 Å². The number of aliphatic hydroxyl groups excluding tert-OH is 1. The Morgan fingerprint density at radius 1 is 0.900 bits per heavy atom. The Morgan fingerprint density at radius 2 is 1.60 bits per heavy atom. The van der Waals surface area contributed by atoms with Crippen molar-refractivity contribution in [3.63, 3.8) is 0 Å². The van der Waals surface area contributed by atoms with Crippen LogP contribution in [0, 0.1) is 58.2 Å². The number of aliphatic hydroxyl groups is 1. The van der Waals surface area contributed by atoms with E-state index >= 15 is 0 Å². The van der Waals surface area contributed by atoms with Gasteiger partial charge >= 0.3 is 0 Å². The van der Waals surface area contributed by atoms with Gasteiger partial charge in [0, 0.05) is 12.3 Å². The van der Waals surface area contributed by atoms with Gasteiger partial charge < -0.3 is 5.11 Å². The first kappa shape index (κ1) is 22.8. The zero-order valence-electron chi connectivity index (χ0n) is 20.6. The van der Waals surface area contributed by atoms with Crippen molar-refractivity contribution in [3.05, 3.63) is 0 Å². The van der Waals surface area contributed by atoms with Gasteiger partial charge in [-0.3, -0.25) is 4.79 Å². The van der Waals surface area contributed by atoms with E-state index < -0.39 is 0 Å². The minimum absolute atomic E-state index is 0.186. The SMILES string of the molecule is CC(C)[C@H](C)C(C)C(O)C[C@H]1CCC2C3CC(=O)C4CCCC[C@]4(C)C3CC[C@@]21C. The summed E-state index contributed by atoms with van der Waals surface area (Å²) < 4.78 is 0. The van der Waals surface area contributed by atoms with Gasteiger partial charge in [-0.15, -0.1) is 0 Å². The minimum Gasteiger partial charge on any atom is -0.393 e. The third-order valence-electron chi connectivity index (χ3n) is 11.6. The summed E-state index contributed by atoms with van der Waals surface area (Å²) in [7, 11) is 0. The van der Waals surface area contributed by atoms with Gasteiger partial charge in [-0.05, 0) is 97.2 Å². The first-order valence-electron chi connectivity index (χ1n) is 13.3. The Bertz CT molecular complexity index is 641. The lowest BCUT2D eigenvalue weighted by Gasteiger charge is -2.60. The predicted octanol–water partition coefficient (Wildman–Crippen LogP) is 6.89. The van der Waals surface area contributed by atoms with Crippen molar-refractivity contribution < 1.29 is 9.90 Å². The van der Waals surface area contributed by atoms with Crippen molar-refractivity contribution in [2.75, 3.05) is 0 Å². The molecule has 0 aromatic heterocycles. The van der Waals surface area contributed by atoms with Gasteiger partial charge in [-0.25, -0.2) is 0 Å². The van der Waals surface area contributed by atoms with Gasteiger partial charge in [0.25, 0.3) is 0 Å². The monoisotopic (exact) mass is 416 g/mol. The van der Waals surface area contributed by atoms with Crippen LogP contribution in [0.2, 0.25) is 0 Å². The standard InChI is InChI=1S/C28H48O2/c1-17(2)18(3)19(4)25(29)15-20-10-11-22-21-16-26(30)24-9-7-8-13-28(24,6)23(21)12-14-27(20,22)5/h17-25,29H,7-16H2,1-6H3/t18-,19?,20+,21?,22?,23?,24?,25?,27+,28+/m0/s1. The summed E-state index contributed by atoms with van der Waals surface area (Å²) in [5, 5.41) is 11.1. The Hall–Kier alpha value is -0.370. The molecule has 0 amide bonds. The van der Waals surface area contributed by atoms with Crippen LogP contribution in [0.1, 0.15) is 106 Å². The fourth-order valence-electron chi connectivity index (χ4n) is 9.06.